The van der Waals surface area contributed by atoms with Gasteiger partial charge in [0.15, 0.2) is 0 Å². The first-order valence-corrected chi connectivity index (χ1v) is 5.93. The first-order valence-electron chi connectivity index (χ1n) is 5.55. The van der Waals surface area contributed by atoms with Gasteiger partial charge >= 0.3 is 6.18 Å². The molecule has 0 unspecified atom stereocenters. The molecule has 3 nitrogen and oxygen atoms in total. The molecule has 1 rings (SSSR count). The molecule has 1 atom stereocenters. The second-order valence-electron chi connectivity index (χ2n) is 4.49. The summed E-state index contributed by atoms with van der Waals surface area (Å²) in [6.07, 6.45) is -4.52. The van der Waals surface area contributed by atoms with Crippen molar-refractivity contribution in [2.75, 3.05) is 5.32 Å². The SMILES string of the molecule is CC(C)[C@@H](N)C(=O)Nc1cc(Cl)cc(C(F)(F)F)c1. The summed E-state index contributed by atoms with van der Waals surface area (Å²) in [4.78, 5) is 11.7. The summed E-state index contributed by atoms with van der Waals surface area (Å²) >= 11 is 5.60. The van der Waals surface area contributed by atoms with Crippen molar-refractivity contribution in [2.24, 2.45) is 11.7 Å². The molecule has 106 valence electrons. The lowest BCUT2D eigenvalue weighted by Gasteiger charge is -2.16. The van der Waals surface area contributed by atoms with Gasteiger partial charge in [-0.15, -0.1) is 0 Å². The maximum atomic E-state index is 12.6. The molecule has 1 aromatic rings. The van der Waals surface area contributed by atoms with Gasteiger partial charge in [0.25, 0.3) is 0 Å². The van der Waals surface area contributed by atoms with E-state index in [0.717, 1.165) is 12.1 Å². The van der Waals surface area contributed by atoms with E-state index in [-0.39, 0.29) is 16.6 Å². The lowest BCUT2D eigenvalue weighted by atomic mass is 10.0. The van der Waals surface area contributed by atoms with E-state index in [1.54, 1.807) is 13.8 Å². The van der Waals surface area contributed by atoms with Gasteiger partial charge in [-0.25, -0.2) is 0 Å². The minimum absolute atomic E-state index is 0.0269. The summed E-state index contributed by atoms with van der Waals surface area (Å²) in [5.41, 5.74) is 4.65. The molecular formula is C12H14ClF3N2O. The molecule has 0 aromatic heterocycles. The average Bonchev–Trinajstić information content (AvgIpc) is 2.25. The number of hydrogen-bond acceptors (Lipinski definition) is 2. The van der Waals surface area contributed by atoms with Gasteiger partial charge in [0.2, 0.25) is 5.91 Å². The summed E-state index contributed by atoms with van der Waals surface area (Å²) in [7, 11) is 0. The van der Waals surface area contributed by atoms with Crippen molar-refractivity contribution in [3.05, 3.63) is 28.8 Å². The molecule has 0 aliphatic rings. The van der Waals surface area contributed by atoms with E-state index in [4.69, 9.17) is 17.3 Å². The van der Waals surface area contributed by atoms with E-state index in [1.807, 2.05) is 0 Å². The molecule has 0 saturated carbocycles. The van der Waals surface area contributed by atoms with E-state index in [1.165, 1.54) is 6.07 Å². The van der Waals surface area contributed by atoms with E-state index < -0.39 is 23.7 Å². The van der Waals surface area contributed by atoms with Crippen LogP contribution in [-0.4, -0.2) is 11.9 Å². The Labute approximate surface area is 113 Å². The van der Waals surface area contributed by atoms with Crippen LogP contribution in [0, 0.1) is 5.92 Å². The summed E-state index contributed by atoms with van der Waals surface area (Å²) in [5, 5.41) is 2.22. The third kappa shape index (κ3) is 4.40. The van der Waals surface area contributed by atoms with Gasteiger partial charge < -0.3 is 11.1 Å². The molecule has 7 heteroatoms. The van der Waals surface area contributed by atoms with E-state index in [2.05, 4.69) is 5.32 Å². The molecule has 0 aliphatic heterocycles. The van der Waals surface area contributed by atoms with Crippen LogP contribution < -0.4 is 11.1 Å². The summed E-state index contributed by atoms with van der Waals surface area (Å²) < 4.78 is 37.7. The number of carbonyl (C=O) groups is 1. The molecule has 0 heterocycles. The smallest absolute Gasteiger partial charge is 0.325 e. The Morgan fingerprint density at radius 2 is 1.89 bits per heavy atom. The molecule has 0 fully saturated rings. The minimum atomic E-state index is -4.52. The second-order valence-corrected chi connectivity index (χ2v) is 4.92. The van der Waals surface area contributed by atoms with Crippen LogP contribution in [0.2, 0.25) is 5.02 Å². The van der Waals surface area contributed by atoms with Crippen LogP contribution in [0.25, 0.3) is 0 Å². The number of benzene rings is 1. The zero-order valence-corrected chi connectivity index (χ0v) is 11.1. The van der Waals surface area contributed by atoms with Crippen LogP contribution in [0.5, 0.6) is 0 Å². The van der Waals surface area contributed by atoms with Gasteiger partial charge in [0.05, 0.1) is 11.6 Å². The number of anilines is 1. The topological polar surface area (TPSA) is 55.1 Å². The van der Waals surface area contributed by atoms with Crippen LogP contribution in [0.3, 0.4) is 0 Å². The van der Waals surface area contributed by atoms with Gasteiger partial charge in [0, 0.05) is 10.7 Å². The lowest BCUT2D eigenvalue weighted by Crippen LogP contribution is -2.39. The Balaban J connectivity index is 2.97. The molecule has 19 heavy (non-hydrogen) atoms. The monoisotopic (exact) mass is 294 g/mol. The maximum absolute atomic E-state index is 12.6. The van der Waals surface area contributed by atoms with Crippen molar-refractivity contribution >= 4 is 23.2 Å². The minimum Gasteiger partial charge on any atom is -0.325 e. The highest BCUT2D eigenvalue weighted by molar-refractivity contribution is 6.31. The van der Waals surface area contributed by atoms with Crippen molar-refractivity contribution in [3.8, 4) is 0 Å². The van der Waals surface area contributed by atoms with Crippen LogP contribution in [-0.2, 0) is 11.0 Å². The molecule has 3 N–H and O–H groups in total. The number of carbonyl (C=O) groups excluding carboxylic acids is 1. The molecule has 1 aromatic carbocycles. The number of rotatable bonds is 3. The molecule has 1 amide bonds. The fourth-order valence-corrected chi connectivity index (χ4v) is 1.59. The molecule has 0 saturated heterocycles. The number of nitrogens with one attached hydrogen (secondary N) is 1. The number of hydrogen-bond donors (Lipinski definition) is 2. The van der Waals surface area contributed by atoms with Crippen molar-refractivity contribution in [2.45, 2.75) is 26.1 Å². The third-order valence-electron chi connectivity index (χ3n) is 2.51. The van der Waals surface area contributed by atoms with Gasteiger partial charge in [-0.2, -0.15) is 13.2 Å². The molecule has 0 bridgehead atoms. The van der Waals surface area contributed by atoms with E-state index in [9.17, 15) is 18.0 Å². The van der Waals surface area contributed by atoms with Crippen molar-refractivity contribution in [1.29, 1.82) is 0 Å². The summed E-state index contributed by atoms with van der Waals surface area (Å²) in [6, 6.07) is 2.05. The van der Waals surface area contributed by atoms with Crippen molar-refractivity contribution in [3.63, 3.8) is 0 Å². The van der Waals surface area contributed by atoms with E-state index >= 15 is 0 Å². The third-order valence-corrected chi connectivity index (χ3v) is 2.73. The highest BCUT2D eigenvalue weighted by Gasteiger charge is 2.31. The predicted molar refractivity (Wildman–Crippen MR) is 67.9 cm³/mol. The van der Waals surface area contributed by atoms with Gasteiger partial charge in [-0.05, 0) is 24.1 Å². The van der Waals surface area contributed by atoms with Crippen LogP contribution in [0.15, 0.2) is 18.2 Å². The Kier molecular flexibility index (Phi) is 4.81. The molecule has 0 aliphatic carbocycles. The Bertz CT molecular complexity index is 475. The first-order chi connectivity index (χ1) is 8.61. The molecular weight excluding hydrogens is 281 g/mol. The Morgan fingerprint density at radius 3 is 2.37 bits per heavy atom. The quantitative estimate of drug-likeness (QED) is 0.899. The molecule has 0 spiro atoms. The Morgan fingerprint density at radius 1 is 1.32 bits per heavy atom. The van der Waals surface area contributed by atoms with Crippen molar-refractivity contribution < 1.29 is 18.0 Å². The largest absolute Gasteiger partial charge is 0.416 e. The first kappa shape index (κ1) is 15.8. The maximum Gasteiger partial charge on any atom is 0.416 e. The molecule has 0 radical (unpaired) electrons. The van der Waals surface area contributed by atoms with Crippen LogP contribution in [0.4, 0.5) is 18.9 Å². The number of alkyl halides is 3. The summed E-state index contributed by atoms with van der Waals surface area (Å²) in [5.74, 6) is -0.674. The highest BCUT2D eigenvalue weighted by Crippen LogP contribution is 2.33. The van der Waals surface area contributed by atoms with Gasteiger partial charge in [-0.1, -0.05) is 25.4 Å². The lowest BCUT2D eigenvalue weighted by molar-refractivity contribution is -0.137. The fourth-order valence-electron chi connectivity index (χ4n) is 1.35. The normalized spacial score (nSPS) is 13.5. The Hall–Kier alpha value is -1.27. The van der Waals surface area contributed by atoms with Gasteiger partial charge in [-0.3, -0.25) is 4.79 Å². The number of nitrogens with two attached hydrogens (primary N) is 1. The second kappa shape index (κ2) is 5.79. The van der Waals surface area contributed by atoms with Crippen LogP contribution >= 0.6 is 11.6 Å². The number of halogens is 4. The zero-order valence-electron chi connectivity index (χ0n) is 10.4. The van der Waals surface area contributed by atoms with Crippen molar-refractivity contribution in [1.82, 2.24) is 0 Å². The van der Waals surface area contributed by atoms with E-state index in [0.29, 0.717) is 0 Å². The average molecular weight is 295 g/mol. The fraction of sp³-hybridized carbons (Fsp3) is 0.417. The van der Waals surface area contributed by atoms with Gasteiger partial charge in [0.1, 0.15) is 0 Å². The summed E-state index contributed by atoms with van der Waals surface area (Å²) in [6.45, 7) is 3.48. The standard InChI is InChI=1S/C12H14ClF3N2O/c1-6(2)10(17)11(19)18-9-4-7(12(14,15)16)3-8(13)5-9/h3-6,10H,17H2,1-2H3,(H,18,19)/t10-/m1/s1. The number of amides is 1. The zero-order chi connectivity index (χ0) is 14.8. The van der Waals surface area contributed by atoms with Crippen LogP contribution in [0.1, 0.15) is 19.4 Å². The predicted octanol–water partition coefficient (Wildman–Crippen LogP) is 3.28. The highest BCUT2D eigenvalue weighted by atomic mass is 35.5.